The molecule has 0 bridgehead atoms. The average Bonchev–Trinajstić information content (AvgIpc) is 2.34. The van der Waals surface area contributed by atoms with Crippen LogP contribution in [0.5, 0.6) is 0 Å². The van der Waals surface area contributed by atoms with E-state index in [-0.39, 0.29) is 11.5 Å². The topological polar surface area (TPSA) is 52.6 Å². The molecule has 100 valence electrons. The molecule has 0 saturated heterocycles. The van der Waals surface area contributed by atoms with Crippen LogP contribution >= 0.6 is 0 Å². The minimum Gasteiger partial charge on any atom is -0.389 e. The second kappa shape index (κ2) is 6.35. The second-order valence-corrected chi connectivity index (χ2v) is 4.19. The predicted molar refractivity (Wildman–Crippen MR) is 69.0 cm³/mol. The number of nitrogens with one attached hydrogen (secondary N) is 1. The highest BCUT2D eigenvalue weighted by Gasteiger charge is 2.16. The molecule has 1 rings (SSSR count). The lowest BCUT2D eigenvalue weighted by molar-refractivity contribution is -0.120. The van der Waals surface area contributed by atoms with Gasteiger partial charge in [-0.2, -0.15) is 0 Å². The Balaban J connectivity index is 2.88. The maximum atomic E-state index is 13.7. The molecule has 2 N–H and O–H groups in total. The number of nitrogens with zero attached hydrogens (tertiary/aromatic N) is 1. The molecule has 0 spiro atoms. The molecular formula is C13H19FN2O2. The van der Waals surface area contributed by atoms with Crippen molar-refractivity contribution in [3.63, 3.8) is 0 Å². The van der Waals surface area contributed by atoms with Gasteiger partial charge in [0.25, 0.3) is 0 Å². The van der Waals surface area contributed by atoms with Gasteiger partial charge < -0.3 is 15.3 Å². The van der Waals surface area contributed by atoms with Gasteiger partial charge in [-0.3, -0.25) is 4.79 Å². The summed E-state index contributed by atoms with van der Waals surface area (Å²) in [5.41, 5.74) is 0.866. The standard InChI is InChI=1S/C13H19FN2O2/c1-9(17)13-10(14)5-4-6-11(13)16(3)8-7-12(18)15-2/h4-6,9,17H,7-8H2,1-3H3,(H,15,18)/t9-/m1/s1. The lowest BCUT2D eigenvalue weighted by atomic mass is 10.1. The van der Waals surface area contributed by atoms with Gasteiger partial charge in [-0.15, -0.1) is 0 Å². The van der Waals surface area contributed by atoms with Gasteiger partial charge >= 0.3 is 0 Å². The summed E-state index contributed by atoms with van der Waals surface area (Å²) in [4.78, 5) is 12.9. The number of anilines is 1. The molecule has 0 heterocycles. The van der Waals surface area contributed by atoms with E-state index in [4.69, 9.17) is 0 Å². The normalized spacial score (nSPS) is 12.1. The first-order valence-corrected chi connectivity index (χ1v) is 5.85. The smallest absolute Gasteiger partial charge is 0.221 e. The number of aliphatic hydroxyl groups excluding tert-OH is 1. The molecule has 0 aromatic heterocycles. The Kier molecular flexibility index (Phi) is 5.09. The van der Waals surface area contributed by atoms with Gasteiger partial charge in [-0.05, 0) is 19.1 Å². The molecule has 0 aliphatic carbocycles. The third-order valence-corrected chi connectivity index (χ3v) is 2.81. The molecule has 0 unspecified atom stereocenters. The van der Waals surface area contributed by atoms with Crippen LogP contribution in [-0.2, 0) is 4.79 Å². The Hall–Kier alpha value is -1.62. The third kappa shape index (κ3) is 3.43. The van der Waals surface area contributed by atoms with Crippen LogP contribution in [0.4, 0.5) is 10.1 Å². The first kappa shape index (κ1) is 14.4. The van der Waals surface area contributed by atoms with E-state index in [1.807, 2.05) is 0 Å². The molecule has 5 heteroatoms. The van der Waals surface area contributed by atoms with E-state index in [2.05, 4.69) is 5.32 Å². The van der Waals surface area contributed by atoms with Crippen molar-refractivity contribution in [3.8, 4) is 0 Å². The summed E-state index contributed by atoms with van der Waals surface area (Å²) in [5, 5.41) is 12.1. The van der Waals surface area contributed by atoms with Crippen molar-refractivity contribution >= 4 is 11.6 Å². The minimum absolute atomic E-state index is 0.0724. The number of halogens is 1. The number of rotatable bonds is 5. The fraction of sp³-hybridized carbons (Fsp3) is 0.462. The summed E-state index contributed by atoms with van der Waals surface area (Å²) in [6.45, 7) is 1.98. The van der Waals surface area contributed by atoms with Crippen LogP contribution in [0, 0.1) is 5.82 Å². The van der Waals surface area contributed by atoms with Crippen molar-refractivity contribution in [1.82, 2.24) is 5.32 Å². The number of aliphatic hydroxyl groups is 1. The van der Waals surface area contributed by atoms with E-state index in [0.717, 1.165) is 0 Å². The van der Waals surface area contributed by atoms with Crippen LogP contribution in [0.25, 0.3) is 0 Å². The second-order valence-electron chi connectivity index (χ2n) is 4.19. The molecule has 18 heavy (non-hydrogen) atoms. The summed E-state index contributed by atoms with van der Waals surface area (Å²) in [6, 6.07) is 4.64. The maximum Gasteiger partial charge on any atom is 0.221 e. The van der Waals surface area contributed by atoms with Crippen molar-refractivity contribution in [1.29, 1.82) is 0 Å². The van der Waals surface area contributed by atoms with Crippen molar-refractivity contribution in [3.05, 3.63) is 29.6 Å². The van der Waals surface area contributed by atoms with Gasteiger partial charge in [0.1, 0.15) is 5.82 Å². The molecule has 1 atom stereocenters. The Morgan fingerprint density at radius 3 is 2.78 bits per heavy atom. The zero-order chi connectivity index (χ0) is 13.7. The Labute approximate surface area is 106 Å². The number of hydrogen-bond acceptors (Lipinski definition) is 3. The molecule has 4 nitrogen and oxygen atoms in total. The molecule has 1 aromatic rings. The number of hydrogen-bond donors (Lipinski definition) is 2. The molecule has 0 fully saturated rings. The van der Waals surface area contributed by atoms with Gasteiger partial charge in [-0.1, -0.05) is 6.07 Å². The predicted octanol–water partition coefficient (Wildman–Crippen LogP) is 1.45. The maximum absolute atomic E-state index is 13.7. The summed E-state index contributed by atoms with van der Waals surface area (Å²) in [7, 11) is 3.34. The van der Waals surface area contributed by atoms with E-state index in [9.17, 15) is 14.3 Å². The first-order valence-electron chi connectivity index (χ1n) is 5.85. The Morgan fingerprint density at radius 2 is 2.22 bits per heavy atom. The van der Waals surface area contributed by atoms with Crippen LogP contribution in [0.3, 0.4) is 0 Å². The highest BCUT2D eigenvalue weighted by molar-refractivity contribution is 5.76. The molecule has 0 aliphatic heterocycles. The minimum atomic E-state index is -0.886. The zero-order valence-electron chi connectivity index (χ0n) is 10.9. The van der Waals surface area contributed by atoms with Crippen LogP contribution in [0.2, 0.25) is 0 Å². The highest BCUT2D eigenvalue weighted by atomic mass is 19.1. The largest absolute Gasteiger partial charge is 0.389 e. The highest BCUT2D eigenvalue weighted by Crippen LogP contribution is 2.28. The lowest BCUT2D eigenvalue weighted by Gasteiger charge is -2.23. The van der Waals surface area contributed by atoms with Crippen molar-refractivity contribution < 1.29 is 14.3 Å². The summed E-state index contributed by atoms with van der Waals surface area (Å²) >= 11 is 0. The molecule has 1 aromatic carbocycles. The molecule has 1 amide bonds. The Morgan fingerprint density at radius 1 is 1.56 bits per heavy atom. The fourth-order valence-corrected chi connectivity index (χ4v) is 1.79. The Bertz CT molecular complexity index is 421. The molecule has 0 saturated carbocycles. The van der Waals surface area contributed by atoms with Crippen LogP contribution in [-0.4, -0.2) is 31.7 Å². The summed E-state index contributed by atoms with van der Waals surface area (Å²) in [5.74, 6) is -0.508. The van der Waals surface area contributed by atoms with Crippen LogP contribution in [0.15, 0.2) is 18.2 Å². The van der Waals surface area contributed by atoms with E-state index in [1.165, 1.54) is 13.0 Å². The van der Waals surface area contributed by atoms with Gasteiger partial charge in [0.15, 0.2) is 0 Å². The molecular weight excluding hydrogens is 235 g/mol. The number of carbonyl (C=O) groups excluding carboxylic acids is 1. The monoisotopic (exact) mass is 254 g/mol. The lowest BCUT2D eigenvalue weighted by Crippen LogP contribution is -2.27. The van der Waals surface area contributed by atoms with E-state index in [0.29, 0.717) is 18.7 Å². The fourth-order valence-electron chi connectivity index (χ4n) is 1.79. The number of carbonyl (C=O) groups is 1. The first-order chi connectivity index (χ1) is 8.47. The SMILES string of the molecule is CNC(=O)CCN(C)c1cccc(F)c1[C@@H](C)O. The van der Waals surface area contributed by atoms with E-state index >= 15 is 0 Å². The zero-order valence-corrected chi connectivity index (χ0v) is 10.9. The number of benzene rings is 1. The van der Waals surface area contributed by atoms with Gasteiger partial charge in [0.05, 0.1) is 6.10 Å². The van der Waals surface area contributed by atoms with Crippen LogP contribution < -0.4 is 10.2 Å². The van der Waals surface area contributed by atoms with Crippen LogP contribution in [0.1, 0.15) is 25.0 Å². The van der Waals surface area contributed by atoms with Gasteiger partial charge in [-0.25, -0.2) is 4.39 Å². The van der Waals surface area contributed by atoms with E-state index in [1.54, 1.807) is 31.1 Å². The number of amides is 1. The van der Waals surface area contributed by atoms with Gasteiger partial charge in [0.2, 0.25) is 5.91 Å². The van der Waals surface area contributed by atoms with E-state index < -0.39 is 11.9 Å². The van der Waals surface area contributed by atoms with Crippen molar-refractivity contribution in [2.24, 2.45) is 0 Å². The van der Waals surface area contributed by atoms with Gasteiger partial charge in [0, 0.05) is 38.3 Å². The van der Waals surface area contributed by atoms with Crippen molar-refractivity contribution in [2.45, 2.75) is 19.4 Å². The van der Waals surface area contributed by atoms with Crippen molar-refractivity contribution in [2.75, 3.05) is 25.5 Å². The molecule has 0 aliphatic rings. The quantitative estimate of drug-likeness (QED) is 0.836. The molecule has 0 radical (unpaired) electrons. The summed E-state index contributed by atoms with van der Waals surface area (Å²) in [6.07, 6.45) is -0.563. The summed E-state index contributed by atoms with van der Waals surface area (Å²) < 4.78 is 13.7. The average molecular weight is 254 g/mol. The third-order valence-electron chi connectivity index (χ3n) is 2.81.